The van der Waals surface area contributed by atoms with E-state index in [0.29, 0.717) is 18.6 Å². The van der Waals surface area contributed by atoms with Crippen LogP contribution in [0.1, 0.15) is 35.1 Å². The molecule has 0 aliphatic rings. The second kappa shape index (κ2) is 7.04. The van der Waals surface area contributed by atoms with E-state index in [4.69, 9.17) is 0 Å². The zero-order valence-electron chi connectivity index (χ0n) is 12.4. The van der Waals surface area contributed by atoms with Crippen molar-refractivity contribution >= 4 is 5.78 Å². The number of carbonyl (C=O) groups excluding carboxylic acids is 1. The Morgan fingerprint density at radius 3 is 2.05 bits per heavy atom. The highest BCUT2D eigenvalue weighted by atomic mass is 16.1. The van der Waals surface area contributed by atoms with E-state index in [1.165, 1.54) is 22.3 Å². The predicted molar refractivity (Wildman–Crippen MR) is 84.0 cm³/mol. The van der Waals surface area contributed by atoms with Crippen molar-refractivity contribution in [2.75, 3.05) is 0 Å². The maximum Gasteiger partial charge on any atom is 0.133 e. The maximum atomic E-state index is 12.0. The number of hydrogen-bond donors (Lipinski definition) is 0. The van der Waals surface area contributed by atoms with E-state index >= 15 is 0 Å². The molecule has 20 heavy (non-hydrogen) atoms. The summed E-state index contributed by atoms with van der Waals surface area (Å²) in [6, 6.07) is 16.5. The normalized spacial score (nSPS) is 10.5. The summed E-state index contributed by atoms with van der Waals surface area (Å²) in [5.74, 6) is 0.358. The molecule has 1 heteroatoms. The minimum Gasteiger partial charge on any atom is -0.300 e. The summed E-state index contributed by atoms with van der Waals surface area (Å²) >= 11 is 0. The van der Waals surface area contributed by atoms with Crippen molar-refractivity contribution in [1.29, 1.82) is 0 Å². The van der Waals surface area contributed by atoms with Crippen LogP contribution in [0.15, 0.2) is 48.5 Å². The van der Waals surface area contributed by atoms with Crippen LogP contribution >= 0.6 is 0 Å². The van der Waals surface area contributed by atoms with Crippen LogP contribution in [-0.2, 0) is 17.6 Å². The molecule has 0 unspecified atom stereocenters. The molecule has 2 aromatic rings. The molecule has 0 amide bonds. The number of rotatable bonds is 6. The predicted octanol–water partition coefficient (Wildman–Crippen LogP) is 4.44. The van der Waals surface area contributed by atoms with Gasteiger partial charge in [-0.3, -0.25) is 4.79 Å². The van der Waals surface area contributed by atoms with Gasteiger partial charge in [-0.25, -0.2) is 0 Å². The van der Waals surface area contributed by atoms with Gasteiger partial charge in [0.15, 0.2) is 0 Å². The van der Waals surface area contributed by atoms with Gasteiger partial charge in [-0.2, -0.15) is 0 Å². The molecule has 0 N–H and O–H groups in total. The molecule has 0 radical (unpaired) electrons. The first kappa shape index (κ1) is 14.5. The fourth-order valence-corrected chi connectivity index (χ4v) is 2.56. The van der Waals surface area contributed by atoms with Gasteiger partial charge in [-0.05, 0) is 48.9 Å². The Labute approximate surface area is 121 Å². The summed E-state index contributed by atoms with van der Waals surface area (Å²) in [5, 5.41) is 0. The van der Waals surface area contributed by atoms with Crippen LogP contribution < -0.4 is 0 Å². The Kier molecular flexibility index (Phi) is 5.11. The highest BCUT2D eigenvalue weighted by Gasteiger charge is 2.07. The molecule has 0 saturated heterocycles. The lowest BCUT2D eigenvalue weighted by Crippen LogP contribution is -2.04. The summed E-state index contributed by atoms with van der Waals surface area (Å²) in [6.07, 6.45) is 3.02. The van der Waals surface area contributed by atoms with E-state index in [1.807, 2.05) is 18.2 Å². The van der Waals surface area contributed by atoms with E-state index in [2.05, 4.69) is 44.2 Å². The lowest BCUT2D eigenvalue weighted by molar-refractivity contribution is -0.119. The first-order valence-corrected chi connectivity index (χ1v) is 7.27. The van der Waals surface area contributed by atoms with E-state index in [-0.39, 0.29) is 0 Å². The van der Waals surface area contributed by atoms with Gasteiger partial charge in [0.05, 0.1) is 0 Å². The molecule has 0 heterocycles. The molecule has 2 aromatic carbocycles. The van der Waals surface area contributed by atoms with Crippen LogP contribution in [0.2, 0.25) is 0 Å². The molecule has 0 aromatic heterocycles. The topological polar surface area (TPSA) is 17.1 Å². The molecule has 0 saturated carbocycles. The summed E-state index contributed by atoms with van der Waals surface area (Å²) < 4.78 is 0. The minimum atomic E-state index is 0.358. The summed E-state index contributed by atoms with van der Waals surface area (Å²) in [7, 11) is 0. The van der Waals surface area contributed by atoms with Gasteiger partial charge < -0.3 is 0 Å². The molecule has 0 fully saturated rings. The van der Waals surface area contributed by atoms with Gasteiger partial charge in [0, 0.05) is 12.8 Å². The highest BCUT2D eigenvalue weighted by molar-refractivity contribution is 5.79. The molecule has 0 atom stereocenters. The van der Waals surface area contributed by atoms with Crippen molar-refractivity contribution in [3.63, 3.8) is 0 Å². The Morgan fingerprint density at radius 1 is 0.800 bits per heavy atom. The van der Waals surface area contributed by atoms with E-state index in [0.717, 1.165) is 12.8 Å². The molecule has 1 nitrogen and oxygen atoms in total. The van der Waals surface area contributed by atoms with Crippen LogP contribution in [0.25, 0.3) is 0 Å². The average molecular weight is 266 g/mol. The van der Waals surface area contributed by atoms with Crippen molar-refractivity contribution in [2.45, 2.75) is 39.5 Å². The largest absolute Gasteiger partial charge is 0.300 e. The van der Waals surface area contributed by atoms with Crippen LogP contribution in [-0.4, -0.2) is 5.78 Å². The Bertz CT molecular complexity index is 549. The molecule has 0 spiro atoms. The smallest absolute Gasteiger partial charge is 0.133 e. The van der Waals surface area contributed by atoms with Gasteiger partial charge >= 0.3 is 0 Å². The van der Waals surface area contributed by atoms with E-state index in [9.17, 15) is 4.79 Å². The number of carbonyl (C=O) groups is 1. The molecular weight excluding hydrogens is 244 g/mol. The minimum absolute atomic E-state index is 0.358. The second-order valence-corrected chi connectivity index (χ2v) is 5.39. The Hall–Kier alpha value is -1.89. The quantitative estimate of drug-likeness (QED) is 0.755. The van der Waals surface area contributed by atoms with E-state index < -0.39 is 0 Å². The van der Waals surface area contributed by atoms with Crippen molar-refractivity contribution < 1.29 is 4.79 Å². The molecular formula is C19H22O. The van der Waals surface area contributed by atoms with Crippen LogP contribution in [0.4, 0.5) is 0 Å². The molecule has 104 valence electrons. The monoisotopic (exact) mass is 266 g/mol. The first-order valence-electron chi connectivity index (χ1n) is 7.27. The van der Waals surface area contributed by atoms with Gasteiger partial charge in [-0.1, -0.05) is 48.5 Å². The Morgan fingerprint density at radius 2 is 1.40 bits per heavy atom. The fraction of sp³-hybridized carbons (Fsp3) is 0.316. The Balaban J connectivity index is 1.84. The first-order chi connectivity index (χ1) is 9.66. The van der Waals surface area contributed by atoms with Crippen LogP contribution in [0, 0.1) is 13.8 Å². The van der Waals surface area contributed by atoms with Gasteiger partial charge in [0.2, 0.25) is 0 Å². The number of aryl methyl sites for hydroxylation is 3. The third kappa shape index (κ3) is 4.06. The van der Waals surface area contributed by atoms with Gasteiger partial charge in [0.25, 0.3) is 0 Å². The summed E-state index contributed by atoms with van der Waals surface area (Å²) in [6.45, 7) is 4.24. The third-order valence-corrected chi connectivity index (χ3v) is 3.83. The zero-order valence-corrected chi connectivity index (χ0v) is 12.4. The number of Topliss-reactive ketones (excluding diaryl/α,β-unsaturated/α-hetero) is 1. The SMILES string of the molecule is Cc1cccc(C)c1CCC(=O)CCc1ccccc1. The van der Waals surface area contributed by atoms with Crippen LogP contribution in [0.5, 0.6) is 0 Å². The van der Waals surface area contributed by atoms with Gasteiger partial charge in [0.1, 0.15) is 5.78 Å². The number of benzene rings is 2. The van der Waals surface area contributed by atoms with Crippen molar-refractivity contribution in [3.05, 3.63) is 70.8 Å². The molecule has 0 bridgehead atoms. The summed E-state index contributed by atoms with van der Waals surface area (Å²) in [5.41, 5.74) is 5.16. The van der Waals surface area contributed by atoms with Crippen LogP contribution in [0.3, 0.4) is 0 Å². The lowest BCUT2D eigenvalue weighted by atomic mass is 9.96. The summed E-state index contributed by atoms with van der Waals surface area (Å²) in [4.78, 5) is 12.0. The average Bonchev–Trinajstić information content (AvgIpc) is 2.46. The highest BCUT2D eigenvalue weighted by Crippen LogP contribution is 2.16. The lowest BCUT2D eigenvalue weighted by Gasteiger charge is -2.09. The molecule has 0 aliphatic heterocycles. The van der Waals surface area contributed by atoms with Crippen molar-refractivity contribution in [2.24, 2.45) is 0 Å². The van der Waals surface area contributed by atoms with Crippen molar-refractivity contribution in [3.8, 4) is 0 Å². The second-order valence-electron chi connectivity index (χ2n) is 5.39. The van der Waals surface area contributed by atoms with Crippen molar-refractivity contribution in [1.82, 2.24) is 0 Å². The fourth-order valence-electron chi connectivity index (χ4n) is 2.56. The standard InChI is InChI=1S/C19H22O/c1-15-7-6-8-16(2)19(15)14-13-18(20)12-11-17-9-4-3-5-10-17/h3-10H,11-14H2,1-2H3. The zero-order chi connectivity index (χ0) is 14.4. The van der Waals surface area contributed by atoms with E-state index in [1.54, 1.807) is 0 Å². The third-order valence-electron chi connectivity index (χ3n) is 3.83. The number of hydrogen-bond acceptors (Lipinski definition) is 1. The van der Waals surface area contributed by atoms with Gasteiger partial charge in [-0.15, -0.1) is 0 Å². The maximum absolute atomic E-state index is 12.0. The number of ketones is 1. The molecule has 2 rings (SSSR count). The molecule has 0 aliphatic carbocycles.